The average Bonchev–Trinajstić information content (AvgIpc) is 1.54. The molecule has 0 saturated heterocycles. The Hall–Kier alpha value is -16.8. The third-order valence-corrected chi connectivity index (χ3v) is 28.9. The second-order valence-electron chi connectivity index (χ2n) is 37.0. The van der Waals surface area contributed by atoms with Crippen LogP contribution in [0.15, 0.2) is 446 Å². The molecule has 0 fully saturated rings. The fourth-order valence-corrected chi connectivity index (χ4v) is 22.9. The molecule has 0 radical (unpaired) electrons. The van der Waals surface area contributed by atoms with Gasteiger partial charge in [-0.15, -0.1) is 0 Å². The molecular weight excluding hydrogens is 1600 g/mol. The molecule has 0 aliphatic heterocycles. The van der Waals surface area contributed by atoms with E-state index in [0.717, 1.165) is 39.4 Å². The number of nitrogens with zero attached hydrogens (tertiary/aromatic N) is 4. The average molecular weight is 1690 g/mol. The topological polar surface area (TPSA) is 46.0 Å². The van der Waals surface area contributed by atoms with Gasteiger partial charge >= 0.3 is 0 Å². The fourth-order valence-electron chi connectivity index (χ4n) is 22.9. The van der Waals surface area contributed by atoms with Crippen molar-refractivity contribution in [1.82, 2.24) is 18.3 Å². The Morgan fingerprint density at radius 1 is 0.167 bits per heavy atom. The molecule has 6 heterocycles. The molecular formula is C126H84N4O2. The lowest BCUT2D eigenvalue weighted by Gasteiger charge is -2.23. The second kappa shape index (κ2) is 28.9. The lowest BCUT2D eigenvalue weighted by molar-refractivity contribution is 0.656. The van der Waals surface area contributed by atoms with E-state index in [4.69, 9.17) is 8.83 Å². The van der Waals surface area contributed by atoms with Crippen LogP contribution in [0.25, 0.3) is 243 Å². The number of hydrogen-bond donors (Lipinski definition) is 0. The standard InChI is InChI=1S/2C63H42N2O/c1-63(2)54-38-45(27-29-47(54)51-30-32-60-61(62(51)63)52-21-11-14-24-59(52)66-60)64-56-23-13-10-20-49(56)53-36-41(26-31-57(53)64)42-25-28-50-48-19-9-12-22-55(48)65(58(50)37-42)46-34-43(39-15-5-3-6-16-39)33-44(35-46)40-17-7-4-8-18-40;1-63(2)54-38-45(27-30-47(54)52-31-32-60-61(62(52)63)53-21-11-14-24-59(53)66-60)64-55-22-12-9-19-48(55)50-28-25-41(36-57(50)64)42-26-29-51-49-20-10-13-23-56(49)65(58(51)37-42)46-34-43(39-15-5-3-6-16-39)33-44(35-46)40-17-7-4-8-18-40/h2*3-38H,1-2H3. The molecule has 26 aromatic rings. The van der Waals surface area contributed by atoms with Crippen molar-refractivity contribution in [3.63, 3.8) is 0 Å². The zero-order chi connectivity index (χ0) is 87.3. The minimum atomic E-state index is -0.243. The lowest BCUT2D eigenvalue weighted by Crippen LogP contribution is -2.16. The first-order chi connectivity index (χ1) is 64.9. The van der Waals surface area contributed by atoms with E-state index in [9.17, 15) is 0 Å². The molecule has 2 aliphatic rings. The summed E-state index contributed by atoms with van der Waals surface area (Å²) in [7, 11) is 0. The molecule has 2 aliphatic carbocycles. The Balaban J connectivity index is 0.000000135. The van der Waals surface area contributed by atoms with Gasteiger partial charge in [0.2, 0.25) is 0 Å². The summed E-state index contributed by atoms with van der Waals surface area (Å²) in [4.78, 5) is 0. The Bertz CT molecular complexity index is 9210. The predicted molar refractivity (Wildman–Crippen MR) is 553 cm³/mol. The Kier molecular flexibility index (Phi) is 16.5. The molecule has 0 N–H and O–H groups in total. The van der Waals surface area contributed by atoms with Crippen LogP contribution in [0, 0.1) is 0 Å². The van der Waals surface area contributed by atoms with E-state index in [0.29, 0.717) is 0 Å². The monoisotopic (exact) mass is 1680 g/mol. The maximum Gasteiger partial charge on any atom is 0.135 e. The van der Waals surface area contributed by atoms with Crippen LogP contribution in [0.1, 0.15) is 49.9 Å². The van der Waals surface area contributed by atoms with Crippen LogP contribution in [-0.2, 0) is 10.8 Å². The molecule has 6 nitrogen and oxygen atoms in total. The van der Waals surface area contributed by atoms with Gasteiger partial charge in [0, 0.05) is 98.2 Å². The summed E-state index contributed by atoms with van der Waals surface area (Å²) in [6.45, 7) is 9.50. The van der Waals surface area contributed by atoms with Crippen LogP contribution >= 0.6 is 0 Å². The first kappa shape index (κ1) is 75.4. The molecule has 620 valence electrons. The van der Waals surface area contributed by atoms with Crippen molar-refractivity contribution in [2.45, 2.75) is 38.5 Å². The van der Waals surface area contributed by atoms with E-state index in [1.165, 1.54) is 226 Å². The van der Waals surface area contributed by atoms with E-state index in [1.54, 1.807) is 0 Å². The predicted octanol–water partition coefficient (Wildman–Crippen LogP) is 34.2. The van der Waals surface area contributed by atoms with E-state index in [2.05, 4.69) is 483 Å². The van der Waals surface area contributed by atoms with Crippen LogP contribution in [0.5, 0.6) is 0 Å². The SMILES string of the molecule is CC1(C)c2cc(-n3c4ccccc4c4cc(-c5ccc6c7ccccc7n(-c7cc(-c8ccccc8)cc(-c8ccccc8)c7)c6c5)ccc43)ccc2-c2ccc3oc4ccccc4c3c21.CC1(C)c2cc(-n3c4ccccc4c4ccc(-c5ccc6c7ccccc7n(-c7cc(-c8ccccc8)cc(-c8ccccc8)c7)c6c5)cc43)ccc2-c2ccc3oc4ccccc4c3c21. The number of hydrogen-bond acceptors (Lipinski definition) is 2. The number of benzene rings is 20. The maximum atomic E-state index is 6.40. The first-order valence-electron chi connectivity index (χ1n) is 45.8. The highest BCUT2D eigenvalue weighted by atomic mass is 16.3. The van der Waals surface area contributed by atoms with E-state index in [-0.39, 0.29) is 10.8 Å². The van der Waals surface area contributed by atoms with Gasteiger partial charge in [0.25, 0.3) is 0 Å². The van der Waals surface area contributed by atoms with Gasteiger partial charge in [-0.25, -0.2) is 0 Å². The molecule has 0 bridgehead atoms. The van der Waals surface area contributed by atoms with Crippen LogP contribution < -0.4 is 0 Å². The molecule has 0 amide bonds. The van der Waals surface area contributed by atoms with Crippen LogP contribution in [0.4, 0.5) is 0 Å². The maximum absolute atomic E-state index is 6.40. The molecule has 0 atom stereocenters. The summed E-state index contributed by atoms with van der Waals surface area (Å²) >= 11 is 0. The largest absolute Gasteiger partial charge is 0.456 e. The zero-order valence-electron chi connectivity index (χ0n) is 73.2. The van der Waals surface area contributed by atoms with Gasteiger partial charge in [-0.3, -0.25) is 0 Å². The number of rotatable bonds is 10. The molecule has 0 spiro atoms. The highest BCUT2D eigenvalue weighted by molar-refractivity contribution is 6.17. The molecule has 6 aromatic heterocycles. The van der Waals surface area contributed by atoms with Crippen molar-refractivity contribution < 1.29 is 8.83 Å². The number of para-hydroxylation sites is 6. The van der Waals surface area contributed by atoms with Gasteiger partial charge in [-0.1, -0.05) is 325 Å². The molecule has 28 rings (SSSR count). The van der Waals surface area contributed by atoms with Crippen LogP contribution in [-0.4, -0.2) is 18.3 Å². The van der Waals surface area contributed by atoms with E-state index >= 15 is 0 Å². The fraction of sp³-hybridized carbons (Fsp3) is 0.0476. The molecule has 0 unspecified atom stereocenters. The van der Waals surface area contributed by atoms with Crippen LogP contribution in [0.3, 0.4) is 0 Å². The van der Waals surface area contributed by atoms with Crippen molar-refractivity contribution in [1.29, 1.82) is 0 Å². The first-order valence-corrected chi connectivity index (χ1v) is 45.8. The van der Waals surface area contributed by atoms with Crippen molar-refractivity contribution in [3.05, 3.63) is 459 Å². The van der Waals surface area contributed by atoms with Gasteiger partial charge in [0.1, 0.15) is 22.3 Å². The van der Waals surface area contributed by atoms with Crippen molar-refractivity contribution in [2.75, 3.05) is 0 Å². The normalized spacial score (nSPS) is 13.1. The van der Waals surface area contributed by atoms with E-state index < -0.39 is 0 Å². The van der Waals surface area contributed by atoms with Gasteiger partial charge in [0.15, 0.2) is 0 Å². The van der Waals surface area contributed by atoms with Gasteiger partial charge in [-0.2, -0.15) is 0 Å². The van der Waals surface area contributed by atoms with Crippen molar-refractivity contribution in [3.8, 4) is 112 Å². The van der Waals surface area contributed by atoms with Crippen LogP contribution in [0.2, 0.25) is 0 Å². The van der Waals surface area contributed by atoms with Gasteiger partial charge in [0.05, 0.1) is 44.1 Å². The van der Waals surface area contributed by atoms with Gasteiger partial charge in [-0.05, 0) is 251 Å². The quantitative estimate of drug-likeness (QED) is 0.137. The second-order valence-corrected chi connectivity index (χ2v) is 37.0. The van der Waals surface area contributed by atoms with Crippen molar-refractivity contribution >= 4 is 131 Å². The minimum absolute atomic E-state index is 0.230. The summed E-state index contributed by atoms with van der Waals surface area (Å²) in [5.74, 6) is 0. The molecule has 20 aromatic carbocycles. The van der Waals surface area contributed by atoms with Crippen molar-refractivity contribution in [2.24, 2.45) is 0 Å². The van der Waals surface area contributed by atoms with Gasteiger partial charge < -0.3 is 27.1 Å². The highest BCUT2D eigenvalue weighted by Crippen LogP contribution is 2.57. The highest BCUT2D eigenvalue weighted by Gasteiger charge is 2.41. The summed E-state index contributed by atoms with van der Waals surface area (Å²) in [6, 6.07) is 160. The Morgan fingerprint density at radius 3 is 0.818 bits per heavy atom. The molecule has 0 saturated carbocycles. The summed E-state index contributed by atoms with van der Waals surface area (Å²) in [6.07, 6.45) is 0. The molecule has 6 heteroatoms. The lowest BCUT2D eigenvalue weighted by atomic mass is 9.80. The Labute approximate surface area is 762 Å². The van der Waals surface area contributed by atoms with E-state index in [1.807, 2.05) is 0 Å². The number of furan rings is 2. The minimum Gasteiger partial charge on any atom is -0.456 e. The zero-order valence-corrected chi connectivity index (χ0v) is 73.2. The summed E-state index contributed by atoms with van der Waals surface area (Å²) in [5.41, 5.74) is 42.2. The summed E-state index contributed by atoms with van der Waals surface area (Å²) < 4.78 is 22.7. The summed E-state index contributed by atoms with van der Waals surface area (Å²) in [5, 5.41) is 14.7. The number of aromatic nitrogens is 4. The smallest absolute Gasteiger partial charge is 0.135 e. The number of fused-ring (bicyclic) bond motifs is 26. The third-order valence-electron chi connectivity index (χ3n) is 28.9. The Morgan fingerprint density at radius 2 is 0.447 bits per heavy atom. The molecule has 132 heavy (non-hydrogen) atoms. The third kappa shape index (κ3) is 11.4.